The molecule has 1 heterocycles. The van der Waals surface area contributed by atoms with Crippen LogP contribution in [0.4, 0.5) is 5.69 Å². The minimum absolute atomic E-state index is 0.366. The van der Waals surface area contributed by atoms with Crippen LogP contribution in [-0.2, 0) is 4.79 Å². The maximum atomic E-state index is 10.5. The van der Waals surface area contributed by atoms with Gasteiger partial charge in [-0.15, -0.1) is 11.3 Å². The summed E-state index contributed by atoms with van der Waals surface area (Å²) < 4.78 is 0. The summed E-state index contributed by atoms with van der Waals surface area (Å²) in [6, 6.07) is 0. The quantitative estimate of drug-likeness (QED) is 0.752. The molecule has 0 aliphatic rings. The van der Waals surface area contributed by atoms with Crippen molar-refractivity contribution in [3.63, 3.8) is 0 Å². The lowest BCUT2D eigenvalue weighted by Crippen LogP contribution is -2.02. The zero-order valence-electron chi connectivity index (χ0n) is 8.20. The average Bonchev–Trinajstić information content (AvgIpc) is 2.51. The zero-order chi connectivity index (χ0) is 10.6. The van der Waals surface area contributed by atoms with Crippen molar-refractivity contribution < 1.29 is 9.90 Å². The molecule has 0 fully saturated rings. The fraction of sp³-hybridized carbons (Fsp3) is 0.300. The number of carboxylic acid groups (broad SMARTS) is 1. The first-order valence-corrected chi connectivity index (χ1v) is 5.22. The molecule has 1 rings (SSSR count). The van der Waals surface area contributed by atoms with Crippen LogP contribution in [0.2, 0.25) is 0 Å². The minimum atomic E-state index is -0.867. The fourth-order valence-electron chi connectivity index (χ4n) is 0.943. The van der Waals surface area contributed by atoms with Crippen LogP contribution in [0.15, 0.2) is 22.4 Å². The molecule has 14 heavy (non-hydrogen) atoms. The van der Waals surface area contributed by atoms with Crippen LogP contribution in [0.1, 0.15) is 12.5 Å². The fourth-order valence-corrected chi connectivity index (χ4v) is 1.75. The molecular weight excluding hydrogens is 198 g/mol. The summed E-state index contributed by atoms with van der Waals surface area (Å²) in [5, 5.41) is 15.8. The highest BCUT2D eigenvalue weighted by molar-refractivity contribution is 7.08. The highest BCUT2D eigenvalue weighted by atomic mass is 32.1. The summed E-state index contributed by atoms with van der Waals surface area (Å²) in [5.41, 5.74) is 2.63. The summed E-state index contributed by atoms with van der Waals surface area (Å²) in [4.78, 5) is 10.5. The molecule has 0 unspecified atom stereocenters. The molecule has 0 saturated carbocycles. The van der Waals surface area contributed by atoms with Gasteiger partial charge >= 0.3 is 5.97 Å². The van der Waals surface area contributed by atoms with Crippen molar-refractivity contribution >= 4 is 23.0 Å². The first-order chi connectivity index (χ1) is 6.61. The monoisotopic (exact) mass is 211 g/mol. The standard InChI is InChI=1S/C10H13NO2S/c1-7(10(12)13)3-4-11-9-6-14-5-8(9)2/h3,5-6,11H,4H2,1-2H3,(H,12,13)/b7-3-. The molecule has 0 radical (unpaired) electrons. The molecule has 1 aromatic heterocycles. The lowest BCUT2D eigenvalue weighted by atomic mass is 10.3. The minimum Gasteiger partial charge on any atom is -0.478 e. The number of thiophene rings is 1. The van der Waals surface area contributed by atoms with E-state index in [1.54, 1.807) is 24.3 Å². The first kappa shape index (κ1) is 10.8. The molecule has 0 bridgehead atoms. The zero-order valence-corrected chi connectivity index (χ0v) is 9.02. The van der Waals surface area contributed by atoms with E-state index in [0.717, 1.165) is 5.69 Å². The number of anilines is 1. The van der Waals surface area contributed by atoms with E-state index in [9.17, 15) is 4.79 Å². The molecule has 0 saturated heterocycles. The third kappa shape index (κ3) is 2.88. The van der Waals surface area contributed by atoms with E-state index in [2.05, 4.69) is 10.7 Å². The van der Waals surface area contributed by atoms with Crippen LogP contribution in [0, 0.1) is 6.92 Å². The van der Waals surface area contributed by atoms with Crippen molar-refractivity contribution in [1.82, 2.24) is 0 Å². The second kappa shape index (κ2) is 4.81. The number of nitrogens with one attached hydrogen (secondary N) is 1. The number of rotatable bonds is 4. The van der Waals surface area contributed by atoms with Crippen LogP contribution >= 0.6 is 11.3 Å². The van der Waals surface area contributed by atoms with Gasteiger partial charge < -0.3 is 10.4 Å². The molecular formula is C10H13NO2S. The van der Waals surface area contributed by atoms with Crippen LogP contribution in [0.5, 0.6) is 0 Å². The summed E-state index contributed by atoms with van der Waals surface area (Å²) in [7, 11) is 0. The topological polar surface area (TPSA) is 49.3 Å². The predicted molar refractivity (Wildman–Crippen MR) is 58.9 cm³/mol. The van der Waals surface area contributed by atoms with Gasteiger partial charge in [0.2, 0.25) is 0 Å². The molecule has 2 N–H and O–H groups in total. The molecule has 0 aliphatic heterocycles. The van der Waals surface area contributed by atoms with Gasteiger partial charge in [-0.1, -0.05) is 6.08 Å². The maximum absolute atomic E-state index is 10.5. The summed E-state index contributed by atoms with van der Waals surface area (Å²) in [6.07, 6.45) is 1.67. The number of carbonyl (C=O) groups is 1. The summed E-state index contributed by atoms with van der Waals surface area (Å²) in [5.74, 6) is -0.867. The van der Waals surface area contributed by atoms with Crippen molar-refractivity contribution in [2.45, 2.75) is 13.8 Å². The highest BCUT2D eigenvalue weighted by Gasteiger charge is 1.99. The predicted octanol–water partition coefficient (Wildman–Crippen LogP) is 2.50. The molecule has 0 aliphatic carbocycles. The van der Waals surface area contributed by atoms with Gasteiger partial charge in [0.05, 0.1) is 0 Å². The van der Waals surface area contributed by atoms with Gasteiger partial charge in [0.15, 0.2) is 0 Å². The Hall–Kier alpha value is -1.29. The van der Waals surface area contributed by atoms with E-state index < -0.39 is 5.97 Å². The number of hydrogen-bond donors (Lipinski definition) is 2. The lowest BCUT2D eigenvalue weighted by Gasteiger charge is -2.01. The van der Waals surface area contributed by atoms with E-state index in [-0.39, 0.29) is 0 Å². The van der Waals surface area contributed by atoms with Crippen molar-refractivity contribution in [3.05, 3.63) is 28.0 Å². The van der Waals surface area contributed by atoms with Crippen molar-refractivity contribution in [2.24, 2.45) is 0 Å². The summed E-state index contributed by atoms with van der Waals surface area (Å²) >= 11 is 1.63. The summed E-state index contributed by atoms with van der Waals surface area (Å²) in [6.45, 7) is 4.16. The number of aliphatic carboxylic acids is 1. The van der Waals surface area contributed by atoms with Gasteiger partial charge in [-0.3, -0.25) is 0 Å². The van der Waals surface area contributed by atoms with Gasteiger partial charge in [-0.05, 0) is 24.8 Å². The normalized spacial score (nSPS) is 11.4. The molecule has 0 spiro atoms. The number of aryl methyl sites for hydroxylation is 1. The van der Waals surface area contributed by atoms with Gasteiger partial charge in [0, 0.05) is 23.2 Å². The van der Waals surface area contributed by atoms with Crippen molar-refractivity contribution in [1.29, 1.82) is 0 Å². The third-order valence-electron chi connectivity index (χ3n) is 1.89. The molecule has 1 aromatic rings. The Morgan fingerprint density at radius 2 is 2.36 bits per heavy atom. The van der Waals surface area contributed by atoms with Gasteiger partial charge in [0.25, 0.3) is 0 Å². The molecule has 3 nitrogen and oxygen atoms in total. The SMILES string of the molecule is C/C(=C/CNc1cscc1C)C(=O)O. The van der Waals surface area contributed by atoms with Crippen LogP contribution in [-0.4, -0.2) is 17.6 Å². The largest absolute Gasteiger partial charge is 0.478 e. The van der Waals surface area contributed by atoms with Gasteiger partial charge in [-0.2, -0.15) is 0 Å². The van der Waals surface area contributed by atoms with Crippen LogP contribution in [0.25, 0.3) is 0 Å². The van der Waals surface area contributed by atoms with Crippen LogP contribution < -0.4 is 5.32 Å². The molecule has 0 aromatic carbocycles. The maximum Gasteiger partial charge on any atom is 0.331 e. The molecule has 76 valence electrons. The molecule has 4 heteroatoms. The Balaban J connectivity index is 2.46. The smallest absolute Gasteiger partial charge is 0.331 e. The Labute approximate surface area is 87.1 Å². The first-order valence-electron chi connectivity index (χ1n) is 4.28. The van der Waals surface area contributed by atoms with E-state index in [1.165, 1.54) is 5.56 Å². The van der Waals surface area contributed by atoms with E-state index in [4.69, 9.17) is 5.11 Å². The average molecular weight is 211 g/mol. The number of carboxylic acids is 1. The lowest BCUT2D eigenvalue weighted by molar-refractivity contribution is -0.132. The molecule has 0 atom stereocenters. The molecule has 0 amide bonds. The van der Waals surface area contributed by atoms with Crippen LogP contribution in [0.3, 0.4) is 0 Å². The van der Waals surface area contributed by atoms with E-state index in [1.807, 2.05) is 12.3 Å². The van der Waals surface area contributed by atoms with Gasteiger partial charge in [0.1, 0.15) is 0 Å². The Morgan fingerprint density at radius 3 is 2.86 bits per heavy atom. The van der Waals surface area contributed by atoms with Crippen molar-refractivity contribution in [3.8, 4) is 0 Å². The van der Waals surface area contributed by atoms with Crippen molar-refractivity contribution in [2.75, 3.05) is 11.9 Å². The Bertz CT molecular complexity index is 355. The third-order valence-corrected chi connectivity index (χ3v) is 2.76. The number of hydrogen-bond acceptors (Lipinski definition) is 3. The second-order valence-corrected chi connectivity index (χ2v) is 3.79. The van der Waals surface area contributed by atoms with E-state index >= 15 is 0 Å². The van der Waals surface area contributed by atoms with E-state index in [0.29, 0.717) is 12.1 Å². The highest BCUT2D eigenvalue weighted by Crippen LogP contribution is 2.18. The van der Waals surface area contributed by atoms with Gasteiger partial charge in [-0.25, -0.2) is 4.79 Å². The Kier molecular flexibility index (Phi) is 3.71. The second-order valence-electron chi connectivity index (χ2n) is 3.04. The Morgan fingerprint density at radius 1 is 1.64 bits per heavy atom.